The molecule has 37 heavy (non-hydrogen) atoms. The van der Waals surface area contributed by atoms with Crippen molar-refractivity contribution in [1.29, 1.82) is 0 Å². The highest BCUT2D eigenvalue weighted by Crippen LogP contribution is 2.14. The van der Waals surface area contributed by atoms with Gasteiger partial charge in [0.1, 0.15) is 30.1 Å². The van der Waals surface area contributed by atoms with Crippen molar-refractivity contribution in [2.45, 2.75) is 12.2 Å². The van der Waals surface area contributed by atoms with Gasteiger partial charge in [0.15, 0.2) is 0 Å². The Kier molecular flexibility index (Phi) is 10.2. The van der Waals surface area contributed by atoms with Crippen LogP contribution in [0.5, 0.6) is 5.75 Å². The molecule has 1 amide bonds. The lowest BCUT2D eigenvalue weighted by atomic mass is 10.1. The van der Waals surface area contributed by atoms with Crippen molar-refractivity contribution >= 4 is 5.91 Å². The Labute approximate surface area is 216 Å². The highest BCUT2D eigenvalue weighted by atomic mass is 19.1. The first kappa shape index (κ1) is 27.4. The summed E-state index contributed by atoms with van der Waals surface area (Å²) >= 11 is 0. The van der Waals surface area contributed by atoms with Crippen LogP contribution in [0.4, 0.5) is 8.78 Å². The third-order valence-corrected chi connectivity index (χ3v) is 6.52. The van der Waals surface area contributed by atoms with Gasteiger partial charge in [-0.05, 0) is 42.5 Å². The minimum Gasteiger partial charge on any atom is -0.491 e. The highest BCUT2D eigenvalue weighted by Gasteiger charge is 2.27. The van der Waals surface area contributed by atoms with E-state index in [1.165, 1.54) is 42.5 Å². The minimum atomic E-state index is -0.741. The topological polar surface area (TPSA) is 74.7 Å². The van der Waals surface area contributed by atoms with Crippen LogP contribution in [0.15, 0.2) is 48.5 Å². The molecule has 2 saturated heterocycles. The zero-order chi connectivity index (χ0) is 26.0. The van der Waals surface area contributed by atoms with Crippen LogP contribution in [-0.4, -0.2) is 117 Å². The van der Waals surface area contributed by atoms with E-state index in [1.54, 1.807) is 11.0 Å². The number of rotatable bonds is 11. The summed E-state index contributed by atoms with van der Waals surface area (Å²) in [7, 11) is 0. The summed E-state index contributed by atoms with van der Waals surface area (Å²) in [5, 5.41) is 10.5. The molecule has 2 aromatic carbocycles. The first-order valence-electron chi connectivity index (χ1n) is 12.7. The molecule has 2 fully saturated rings. The first-order valence-corrected chi connectivity index (χ1v) is 12.7. The van der Waals surface area contributed by atoms with Gasteiger partial charge in [-0.1, -0.05) is 6.07 Å². The zero-order valence-corrected chi connectivity index (χ0v) is 20.9. The van der Waals surface area contributed by atoms with Crippen molar-refractivity contribution in [3.63, 3.8) is 0 Å². The van der Waals surface area contributed by atoms with E-state index in [-0.39, 0.29) is 24.4 Å². The fraction of sp³-hybridized carbons (Fsp3) is 0.519. The average Bonchev–Trinajstić information content (AvgIpc) is 2.91. The number of hydrogen-bond donors (Lipinski definition) is 1. The van der Waals surface area contributed by atoms with E-state index in [2.05, 4.69) is 9.80 Å². The maximum atomic E-state index is 13.8. The number of aliphatic hydroxyl groups is 1. The minimum absolute atomic E-state index is 0.0807. The van der Waals surface area contributed by atoms with Gasteiger partial charge in [0, 0.05) is 57.9 Å². The predicted molar refractivity (Wildman–Crippen MR) is 134 cm³/mol. The maximum absolute atomic E-state index is 13.8. The van der Waals surface area contributed by atoms with Crippen LogP contribution in [0.2, 0.25) is 0 Å². The van der Waals surface area contributed by atoms with E-state index in [9.17, 15) is 18.7 Å². The Hall–Kier alpha value is -2.63. The normalized spacial score (nSPS) is 19.9. The molecule has 0 unspecified atom stereocenters. The predicted octanol–water partition coefficient (Wildman–Crippen LogP) is 1.88. The number of carbonyl (C=O) groups is 1. The summed E-state index contributed by atoms with van der Waals surface area (Å²) in [5.74, 6) is -0.536. The van der Waals surface area contributed by atoms with E-state index in [1.807, 2.05) is 0 Å². The van der Waals surface area contributed by atoms with Gasteiger partial charge < -0.3 is 24.2 Å². The maximum Gasteiger partial charge on any atom is 0.254 e. The molecule has 2 atom stereocenters. The number of hydrogen-bond acceptors (Lipinski definition) is 7. The molecular formula is C27H35F2N3O5. The van der Waals surface area contributed by atoms with Crippen LogP contribution < -0.4 is 4.74 Å². The largest absolute Gasteiger partial charge is 0.491 e. The average molecular weight is 520 g/mol. The van der Waals surface area contributed by atoms with Crippen LogP contribution >= 0.6 is 0 Å². The van der Waals surface area contributed by atoms with Gasteiger partial charge in [0.05, 0.1) is 25.9 Å². The van der Waals surface area contributed by atoms with Crippen LogP contribution in [-0.2, 0) is 9.47 Å². The molecule has 0 saturated carbocycles. The van der Waals surface area contributed by atoms with Crippen molar-refractivity contribution in [3.05, 3.63) is 65.7 Å². The van der Waals surface area contributed by atoms with E-state index >= 15 is 0 Å². The third-order valence-electron chi connectivity index (χ3n) is 6.52. The van der Waals surface area contributed by atoms with Crippen molar-refractivity contribution in [2.24, 2.45) is 0 Å². The Morgan fingerprint density at radius 2 is 1.81 bits per heavy atom. The molecule has 4 rings (SSSR count). The molecule has 0 bridgehead atoms. The lowest BCUT2D eigenvalue weighted by Crippen LogP contribution is -2.52. The molecule has 2 aromatic rings. The number of morpholine rings is 2. The van der Waals surface area contributed by atoms with Crippen LogP contribution in [0, 0.1) is 11.6 Å². The van der Waals surface area contributed by atoms with Crippen molar-refractivity contribution in [2.75, 3.05) is 78.8 Å². The monoisotopic (exact) mass is 519 g/mol. The van der Waals surface area contributed by atoms with Crippen molar-refractivity contribution in [3.8, 4) is 5.75 Å². The number of aliphatic hydroxyl groups excluding tert-OH is 1. The molecule has 0 aliphatic carbocycles. The summed E-state index contributed by atoms with van der Waals surface area (Å²) in [6.07, 6.45) is -0.990. The fourth-order valence-electron chi connectivity index (χ4n) is 4.54. The smallest absolute Gasteiger partial charge is 0.254 e. The molecule has 0 spiro atoms. The van der Waals surface area contributed by atoms with E-state index in [0.717, 1.165) is 13.1 Å². The van der Waals surface area contributed by atoms with Crippen LogP contribution in [0.25, 0.3) is 0 Å². The SMILES string of the molecule is O=C(c1cccc(F)c1)N(CCN1CCOCC1)C[C@@H]1CN(C[C@H](O)COc2ccc(F)cc2)CCO1. The summed E-state index contributed by atoms with van der Waals surface area (Å²) < 4.78 is 43.8. The lowest BCUT2D eigenvalue weighted by molar-refractivity contribution is -0.0545. The summed E-state index contributed by atoms with van der Waals surface area (Å²) in [5.41, 5.74) is 0.308. The van der Waals surface area contributed by atoms with Gasteiger partial charge in [-0.25, -0.2) is 8.78 Å². The second kappa shape index (κ2) is 13.8. The second-order valence-electron chi connectivity index (χ2n) is 9.39. The number of nitrogens with zero attached hydrogens (tertiary/aromatic N) is 3. The standard InChI is InChI=1S/C27H35F2N3O5/c28-22-4-6-25(7-5-22)37-20-24(33)17-31-12-15-36-26(18-31)19-32(9-8-30-10-13-35-14-11-30)27(34)21-2-1-3-23(29)16-21/h1-7,16,24,26,33H,8-15,17-20H2/t24-,26-/m0/s1. The number of halogens is 2. The Bertz CT molecular complexity index is 990. The zero-order valence-electron chi connectivity index (χ0n) is 20.9. The van der Waals surface area contributed by atoms with Gasteiger partial charge in [0.25, 0.3) is 5.91 Å². The summed E-state index contributed by atoms with van der Waals surface area (Å²) in [6.45, 7) is 6.64. The van der Waals surface area contributed by atoms with Gasteiger partial charge in [-0.3, -0.25) is 14.6 Å². The quantitative estimate of drug-likeness (QED) is 0.486. The Morgan fingerprint density at radius 3 is 2.57 bits per heavy atom. The molecule has 2 heterocycles. The van der Waals surface area contributed by atoms with Crippen LogP contribution in [0.1, 0.15) is 10.4 Å². The molecule has 2 aliphatic rings. The Morgan fingerprint density at radius 1 is 1.05 bits per heavy atom. The van der Waals surface area contributed by atoms with E-state index < -0.39 is 11.9 Å². The molecule has 202 valence electrons. The molecule has 10 heteroatoms. The van der Waals surface area contributed by atoms with Gasteiger partial charge >= 0.3 is 0 Å². The number of amides is 1. The van der Waals surface area contributed by atoms with Crippen LogP contribution in [0.3, 0.4) is 0 Å². The van der Waals surface area contributed by atoms with Gasteiger partial charge in [-0.15, -0.1) is 0 Å². The summed E-state index contributed by atoms with van der Waals surface area (Å²) in [4.78, 5) is 19.4. The second-order valence-corrected chi connectivity index (χ2v) is 9.39. The van der Waals surface area contributed by atoms with E-state index in [4.69, 9.17) is 14.2 Å². The molecule has 0 aromatic heterocycles. The third kappa shape index (κ3) is 8.72. The van der Waals surface area contributed by atoms with Gasteiger partial charge in [0.2, 0.25) is 0 Å². The number of benzene rings is 2. The number of carbonyl (C=O) groups excluding carboxylic acids is 1. The number of β-amino-alcohol motifs (C(OH)–C–C–N with tert-alkyl or cyclic N) is 1. The van der Waals surface area contributed by atoms with Crippen molar-refractivity contribution in [1.82, 2.24) is 14.7 Å². The first-order chi connectivity index (χ1) is 18.0. The van der Waals surface area contributed by atoms with Gasteiger partial charge in [-0.2, -0.15) is 0 Å². The molecule has 2 aliphatic heterocycles. The molecule has 0 radical (unpaired) electrons. The number of ether oxygens (including phenoxy) is 3. The lowest BCUT2D eigenvalue weighted by Gasteiger charge is -2.37. The molecular weight excluding hydrogens is 484 g/mol. The summed E-state index contributed by atoms with van der Waals surface area (Å²) in [6, 6.07) is 11.4. The molecule has 1 N–H and O–H groups in total. The Balaban J connectivity index is 1.32. The fourth-order valence-corrected chi connectivity index (χ4v) is 4.54. The highest BCUT2D eigenvalue weighted by molar-refractivity contribution is 5.94. The van der Waals surface area contributed by atoms with E-state index in [0.29, 0.717) is 70.4 Å². The molecule has 8 nitrogen and oxygen atoms in total. The van der Waals surface area contributed by atoms with Crippen molar-refractivity contribution < 1.29 is 32.9 Å².